The zero-order valence-electron chi connectivity index (χ0n) is 15.1. The van der Waals surface area contributed by atoms with Crippen LogP contribution in [-0.4, -0.2) is 21.8 Å². The van der Waals surface area contributed by atoms with E-state index in [9.17, 15) is 32.3 Å². The first-order valence-electron chi connectivity index (χ1n) is 8.55. The van der Waals surface area contributed by atoms with Crippen molar-refractivity contribution in [1.29, 1.82) is 0 Å². The molecule has 0 saturated carbocycles. The van der Waals surface area contributed by atoms with Gasteiger partial charge in [0.15, 0.2) is 5.78 Å². The van der Waals surface area contributed by atoms with Crippen molar-refractivity contribution in [2.24, 2.45) is 5.92 Å². The zero-order chi connectivity index (χ0) is 21.8. The smallest absolute Gasteiger partial charge is 0.314 e. The predicted molar refractivity (Wildman–Crippen MR) is 96.2 cm³/mol. The molecule has 2 aromatic carbocycles. The highest BCUT2D eigenvalue weighted by Crippen LogP contribution is 2.27. The second-order valence-corrected chi connectivity index (χ2v) is 6.22. The summed E-state index contributed by atoms with van der Waals surface area (Å²) in [4.78, 5) is 28.4. The lowest BCUT2D eigenvalue weighted by Crippen LogP contribution is -2.27. The largest absolute Gasteiger partial charge is 0.481 e. The molecule has 1 heterocycles. The third kappa shape index (κ3) is 4.62. The molecule has 3 rings (SSSR count). The van der Waals surface area contributed by atoms with Gasteiger partial charge in [0.1, 0.15) is 34.9 Å². The molecule has 1 N–H and O–H groups in total. The Hall–Kier alpha value is -3.75. The molecule has 9 heteroatoms. The fraction of sp³-hybridized carbons (Fsp3) is 0.0952. The predicted octanol–water partition coefficient (Wildman–Crippen LogP) is 4.56. The van der Waals surface area contributed by atoms with E-state index in [1.807, 2.05) is 0 Å². The maximum absolute atomic E-state index is 13.9. The minimum atomic E-state index is -1.89. The Bertz CT molecular complexity index is 1080. The third-order valence-corrected chi connectivity index (χ3v) is 4.19. The fourth-order valence-electron chi connectivity index (χ4n) is 2.73. The van der Waals surface area contributed by atoms with Crippen LogP contribution < -0.4 is 4.74 Å². The number of carboxylic acid groups (broad SMARTS) is 1. The van der Waals surface area contributed by atoms with Crippen LogP contribution in [-0.2, 0) is 11.2 Å². The van der Waals surface area contributed by atoms with Gasteiger partial charge in [-0.2, -0.15) is 0 Å². The Morgan fingerprint density at radius 3 is 2.20 bits per heavy atom. The van der Waals surface area contributed by atoms with E-state index in [1.165, 1.54) is 30.5 Å². The fourth-order valence-corrected chi connectivity index (χ4v) is 2.73. The Morgan fingerprint density at radius 1 is 0.967 bits per heavy atom. The van der Waals surface area contributed by atoms with Crippen LogP contribution in [0.1, 0.15) is 15.9 Å². The number of ketones is 1. The first-order chi connectivity index (χ1) is 14.3. The van der Waals surface area contributed by atoms with Crippen molar-refractivity contribution in [3.63, 3.8) is 0 Å². The second-order valence-electron chi connectivity index (χ2n) is 6.22. The van der Waals surface area contributed by atoms with Crippen LogP contribution in [0.15, 0.2) is 54.7 Å². The molecule has 154 valence electrons. The standard InChI is InChI=1S/C21H13F4NO4/c22-11-3-5-13(6-4-11)30-20-14(2-1-7-26-20)19(27)16(21(28)29)10-15-17(24)8-12(23)9-18(15)25/h1-9,16H,10H2,(H,28,29). The maximum atomic E-state index is 13.9. The lowest BCUT2D eigenvalue weighted by molar-refractivity contribution is -0.139. The molecule has 5 nitrogen and oxygen atoms in total. The van der Waals surface area contributed by atoms with Crippen molar-refractivity contribution in [3.8, 4) is 11.6 Å². The Labute approximate surface area is 167 Å². The first kappa shape index (κ1) is 21.0. The van der Waals surface area contributed by atoms with Gasteiger partial charge in [-0.05, 0) is 42.8 Å². The van der Waals surface area contributed by atoms with E-state index >= 15 is 0 Å². The number of carboxylic acids is 1. The molecule has 0 radical (unpaired) electrons. The van der Waals surface area contributed by atoms with Crippen molar-refractivity contribution in [1.82, 2.24) is 4.98 Å². The summed E-state index contributed by atoms with van der Waals surface area (Å²) in [6, 6.07) is 8.15. The molecule has 0 fully saturated rings. The molecule has 0 saturated heterocycles. The van der Waals surface area contributed by atoms with Crippen molar-refractivity contribution < 1.29 is 37.0 Å². The maximum Gasteiger partial charge on any atom is 0.314 e. The molecule has 0 aliphatic carbocycles. The van der Waals surface area contributed by atoms with Crippen LogP contribution in [0.3, 0.4) is 0 Å². The number of ether oxygens (including phenoxy) is 1. The highest BCUT2D eigenvalue weighted by molar-refractivity contribution is 6.09. The summed E-state index contributed by atoms with van der Waals surface area (Å²) in [5.74, 6) is -8.98. The number of rotatable bonds is 7. The van der Waals surface area contributed by atoms with Gasteiger partial charge in [-0.15, -0.1) is 0 Å². The summed E-state index contributed by atoms with van der Waals surface area (Å²) in [6.07, 6.45) is 0.432. The van der Waals surface area contributed by atoms with Gasteiger partial charge >= 0.3 is 5.97 Å². The number of benzene rings is 2. The van der Waals surface area contributed by atoms with Crippen LogP contribution >= 0.6 is 0 Å². The molecular formula is C21H13F4NO4. The van der Waals surface area contributed by atoms with Crippen molar-refractivity contribution in [2.45, 2.75) is 6.42 Å². The van der Waals surface area contributed by atoms with Gasteiger partial charge in [-0.3, -0.25) is 9.59 Å². The SMILES string of the molecule is O=C(O)C(Cc1c(F)cc(F)cc1F)C(=O)c1cccnc1Oc1ccc(F)cc1. The minimum Gasteiger partial charge on any atom is -0.481 e. The van der Waals surface area contributed by atoms with E-state index in [-0.39, 0.29) is 17.2 Å². The van der Waals surface area contributed by atoms with Crippen LogP contribution in [0, 0.1) is 29.2 Å². The third-order valence-electron chi connectivity index (χ3n) is 4.19. The highest BCUT2D eigenvalue weighted by atomic mass is 19.1. The molecule has 0 aliphatic rings. The van der Waals surface area contributed by atoms with Crippen LogP contribution in [0.4, 0.5) is 17.6 Å². The number of aliphatic carboxylic acids is 1. The number of hydrogen-bond donors (Lipinski definition) is 1. The number of nitrogens with zero attached hydrogens (tertiary/aromatic N) is 1. The van der Waals surface area contributed by atoms with Crippen LogP contribution in [0.25, 0.3) is 0 Å². The summed E-state index contributed by atoms with van der Waals surface area (Å²) in [5, 5.41) is 9.47. The van der Waals surface area contributed by atoms with Gasteiger partial charge in [0, 0.05) is 23.9 Å². The molecule has 3 aromatic rings. The van der Waals surface area contributed by atoms with Gasteiger partial charge in [0.25, 0.3) is 0 Å². The van der Waals surface area contributed by atoms with E-state index in [4.69, 9.17) is 4.74 Å². The van der Waals surface area contributed by atoms with Gasteiger partial charge in [-0.1, -0.05) is 0 Å². The van der Waals surface area contributed by atoms with Gasteiger partial charge in [0.05, 0.1) is 5.56 Å². The molecule has 1 atom stereocenters. The minimum absolute atomic E-state index is 0.131. The van der Waals surface area contributed by atoms with E-state index < -0.39 is 52.9 Å². The highest BCUT2D eigenvalue weighted by Gasteiger charge is 2.32. The molecule has 0 bridgehead atoms. The monoisotopic (exact) mass is 419 g/mol. The number of carbonyl (C=O) groups excluding carboxylic acids is 1. The number of aromatic nitrogens is 1. The van der Waals surface area contributed by atoms with E-state index in [0.29, 0.717) is 12.1 Å². The van der Waals surface area contributed by atoms with E-state index in [1.54, 1.807) is 0 Å². The molecule has 30 heavy (non-hydrogen) atoms. The molecular weight excluding hydrogens is 406 g/mol. The summed E-state index contributed by atoms with van der Waals surface area (Å²) in [5.41, 5.74) is -0.987. The molecule has 0 aliphatic heterocycles. The molecule has 0 spiro atoms. The Morgan fingerprint density at radius 2 is 1.60 bits per heavy atom. The average molecular weight is 419 g/mol. The Balaban J connectivity index is 1.93. The number of halogens is 4. The van der Waals surface area contributed by atoms with E-state index in [2.05, 4.69) is 4.98 Å². The number of carbonyl (C=O) groups is 2. The van der Waals surface area contributed by atoms with Crippen LogP contribution in [0.5, 0.6) is 11.6 Å². The summed E-state index contributed by atoms with van der Waals surface area (Å²) < 4.78 is 59.5. The van der Waals surface area contributed by atoms with Gasteiger partial charge < -0.3 is 9.84 Å². The van der Waals surface area contributed by atoms with Gasteiger partial charge in [-0.25, -0.2) is 22.5 Å². The molecule has 1 aromatic heterocycles. The zero-order valence-corrected chi connectivity index (χ0v) is 15.1. The average Bonchev–Trinajstić information content (AvgIpc) is 2.69. The summed E-state index contributed by atoms with van der Waals surface area (Å²) in [6.45, 7) is 0. The first-order valence-corrected chi connectivity index (χ1v) is 8.55. The second kappa shape index (κ2) is 8.73. The molecule has 1 unspecified atom stereocenters. The summed E-state index contributed by atoms with van der Waals surface area (Å²) >= 11 is 0. The number of hydrogen-bond acceptors (Lipinski definition) is 4. The normalized spacial score (nSPS) is 11.7. The molecule has 0 amide bonds. The Kier molecular flexibility index (Phi) is 6.10. The quantitative estimate of drug-likeness (QED) is 0.345. The van der Waals surface area contributed by atoms with Crippen molar-refractivity contribution in [3.05, 3.63) is 89.1 Å². The van der Waals surface area contributed by atoms with E-state index in [0.717, 1.165) is 12.1 Å². The topological polar surface area (TPSA) is 76.5 Å². The van der Waals surface area contributed by atoms with Crippen LogP contribution in [0.2, 0.25) is 0 Å². The summed E-state index contributed by atoms with van der Waals surface area (Å²) in [7, 11) is 0. The van der Waals surface area contributed by atoms with Gasteiger partial charge in [0.2, 0.25) is 5.88 Å². The van der Waals surface area contributed by atoms with Crippen molar-refractivity contribution >= 4 is 11.8 Å². The number of Topliss-reactive ketones (excluding diaryl/α,β-unsaturated/α-hetero) is 1. The van der Waals surface area contributed by atoms with Crippen molar-refractivity contribution in [2.75, 3.05) is 0 Å². The lowest BCUT2D eigenvalue weighted by Gasteiger charge is -2.15. The number of pyridine rings is 1. The lowest BCUT2D eigenvalue weighted by atomic mass is 9.91.